The van der Waals surface area contributed by atoms with E-state index in [0.29, 0.717) is 81.2 Å². The third kappa shape index (κ3) is 18.3. The summed E-state index contributed by atoms with van der Waals surface area (Å²) in [6, 6.07) is 51.0. The Hall–Kier alpha value is -8.96. The van der Waals surface area contributed by atoms with Crippen LogP contribution >= 0.6 is 0 Å². The number of methoxy groups -OCH3 is 2. The molecule has 12 N–H and O–H groups in total. The first-order valence-electron chi connectivity index (χ1n) is 23.5. The minimum atomic E-state index is -0.0835. The van der Waals surface area contributed by atoms with Crippen LogP contribution in [0.3, 0.4) is 0 Å². The predicted molar refractivity (Wildman–Crippen MR) is 297 cm³/mol. The molecule has 12 rings (SSSR count). The first kappa shape index (κ1) is 63.6. The number of hydrogen-bond acceptors (Lipinski definition) is 20. The molecule has 398 valence electrons. The van der Waals surface area contributed by atoms with Crippen molar-refractivity contribution < 1.29 is 91.8 Å². The number of para-hydroxylation sites is 6. The first-order chi connectivity index (χ1) is 37.5. The Morgan fingerprint density at radius 3 is 0.550 bits per heavy atom. The number of nitrogens with zero attached hydrogens (tertiary/aromatic N) is 6. The molecule has 0 amide bonds. The van der Waals surface area contributed by atoms with Crippen molar-refractivity contribution in [2.75, 3.05) is 61.8 Å². The number of benzene rings is 6. The van der Waals surface area contributed by atoms with Crippen molar-refractivity contribution in [1.82, 2.24) is 29.9 Å². The summed E-state index contributed by atoms with van der Waals surface area (Å²) in [4.78, 5) is 23.6. The smallest absolute Gasteiger partial charge is 0.871 e. The van der Waals surface area contributed by atoms with Crippen molar-refractivity contribution in [3.05, 3.63) is 182 Å². The topological polar surface area (TPSA) is 390 Å². The molecule has 0 saturated carbocycles. The van der Waals surface area contributed by atoms with Gasteiger partial charge in [0.15, 0.2) is 0 Å². The van der Waals surface area contributed by atoms with E-state index in [2.05, 4.69) is 39.4 Å². The summed E-state index contributed by atoms with van der Waals surface area (Å²) in [5, 5.41) is 72.3. The summed E-state index contributed by atoms with van der Waals surface area (Å²) >= 11 is 0. The fraction of sp³-hybridized carbons (Fsp3) is 0.0690. The van der Waals surface area contributed by atoms with Crippen LogP contribution in [0.2, 0.25) is 0 Å². The second kappa shape index (κ2) is 31.4. The molecule has 0 unspecified atom stereocenters. The summed E-state index contributed by atoms with van der Waals surface area (Å²) in [6.07, 6.45) is 0. The maximum atomic E-state index is 11.2. The molecule has 6 aromatic heterocycles. The zero-order valence-corrected chi connectivity index (χ0v) is 46.9. The van der Waals surface area contributed by atoms with E-state index >= 15 is 0 Å². The number of pyridine rings is 6. The molecule has 0 spiro atoms. The largest absolute Gasteiger partial charge is 3.00 e. The van der Waals surface area contributed by atoms with Gasteiger partial charge in [-0.3, -0.25) is 0 Å². The Morgan fingerprint density at radius 1 is 0.263 bits per heavy atom. The van der Waals surface area contributed by atoms with Crippen LogP contribution in [0.1, 0.15) is 0 Å². The molecule has 0 aliphatic rings. The Bertz CT molecular complexity index is 3290. The van der Waals surface area contributed by atoms with Crippen LogP contribution in [0.5, 0.6) is 34.5 Å². The zero-order chi connectivity index (χ0) is 56.1. The number of fused-ring (bicyclic) bond motifs is 6. The molecular weight excluding hydrogens is 1080 g/mol. The van der Waals surface area contributed by atoms with Crippen LogP contribution < -0.4 is 65.0 Å². The maximum absolute atomic E-state index is 11.2. The van der Waals surface area contributed by atoms with E-state index in [1.807, 2.05) is 36.4 Å². The fourth-order valence-electron chi connectivity index (χ4n) is 6.98. The Balaban J connectivity index is 0.000000202. The molecule has 80 heavy (non-hydrogen) atoms. The SMILES string of the molecule is COCCOC.Nc1ccc2cccc([O-])c2n1.Nc1ccc2cccc([O-])c2n1.Nc1ccc2cccc([O-])c2n1.Nc1ccc2cccc([O-])c2n1.Nc1ccc2cccc([O-])c2n1.Nc1ccc2cccc([O-])c2n1.[Sc+3].[Sc+3]. The predicted octanol–water partition coefficient (Wildman–Crippen LogP) is 5.62. The van der Waals surface area contributed by atoms with E-state index in [1.54, 1.807) is 123 Å². The number of nitrogen functional groups attached to an aromatic ring is 6. The molecule has 0 fully saturated rings. The quantitative estimate of drug-likeness (QED) is 0.117. The van der Waals surface area contributed by atoms with E-state index in [9.17, 15) is 30.6 Å². The minimum absolute atomic E-state index is 0. The zero-order valence-electron chi connectivity index (χ0n) is 43.3. The molecule has 22 heteroatoms. The number of rotatable bonds is 3. The number of hydrogen-bond donors (Lipinski definition) is 6. The van der Waals surface area contributed by atoms with Crippen molar-refractivity contribution in [2.24, 2.45) is 0 Å². The average molecular weight is 1140 g/mol. The number of nitrogens with two attached hydrogens (primary N) is 6. The van der Waals surface area contributed by atoms with Crippen LogP contribution in [0, 0.1) is 0 Å². The summed E-state index contributed by atoms with van der Waals surface area (Å²) in [5.74, 6) is 1.78. The van der Waals surface area contributed by atoms with Gasteiger partial charge >= 0.3 is 51.7 Å². The van der Waals surface area contributed by atoms with Crippen molar-refractivity contribution in [3.8, 4) is 34.5 Å². The van der Waals surface area contributed by atoms with E-state index in [1.165, 1.54) is 36.4 Å². The van der Waals surface area contributed by atoms with Gasteiger partial charge in [-0.25, -0.2) is 29.9 Å². The van der Waals surface area contributed by atoms with Gasteiger partial charge in [-0.2, -0.15) is 0 Å². The molecule has 12 aromatic rings. The van der Waals surface area contributed by atoms with E-state index in [-0.39, 0.29) is 86.2 Å². The van der Waals surface area contributed by atoms with Gasteiger partial charge in [-0.1, -0.05) is 144 Å². The average Bonchev–Trinajstić information content (AvgIpc) is 3.43. The van der Waals surface area contributed by atoms with Gasteiger partial charge in [0.05, 0.1) is 46.3 Å². The summed E-state index contributed by atoms with van der Waals surface area (Å²) in [6.45, 7) is 1.38. The fourth-order valence-corrected chi connectivity index (χ4v) is 6.98. The van der Waals surface area contributed by atoms with Crippen LogP contribution in [-0.2, 0) is 61.2 Å². The third-order valence-corrected chi connectivity index (χ3v) is 10.7. The first-order valence-corrected chi connectivity index (χ1v) is 23.5. The molecule has 0 bridgehead atoms. The van der Waals surface area contributed by atoms with Crippen molar-refractivity contribution >= 4 is 100 Å². The summed E-state index contributed by atoms with van der Waals surface area (Å²) in [7, 11) is 3.30. The van der Waals surface area contributed by atoms with Crippen LogP contribution in [0.4, 0.5) is 34.9 Å². The Kier molecular flexibility index (Phi) is 25.0. The van der Waals surface area contributed by atoms with Gasteiger partial charge in [0.1, 0.15) is 34.9 Å². The van der Waals surface area contributed by atoms with Gasteiger partial charge in [0, 0.05) is 14.2 Å². The van der Waals surface area contributed by atoms with Gasteiger partial charge < -0.3 is 74.5 Å². The second-order valence-electron chi connectivity index (χ2n) is 16.4. The molecule has 0 saturated heterocycles. The van der Waals surface area contributed by atoms with E-state index in [0.717, 1.165) is 32.3 Å². The molecule has 6 aromatic carbocycles. The molecule has 20 nitrogen and oxygen atoms in total. The van der Waals surface area contributed by atoms with Gasteiger partial charge in [0.2, 0.25) is 0 Å². The van der Waals surface area contributed by atoms with Gasteiger partial charge in [-0.15, -0.1) is 0 Å². The number of anilines is 6. The third-order valence-electron chi connectivity index (χ3n) is 10.7. The van der Waals surface area contributed by atoms with Crippen molar-refractivity contribution in [2.45, 2.75) is 0 Å². The molecule has 6 heterocycles. The van der Waals surface area contributed by atoms with Crippen LogP contribution in [0.15, 0.2) is 182 Å². The van der Waals surface area contributed by atoms with E-state index < -0.39 is 0 Å². The summed E-state index contributed by atoms with van der Waals surface area (Å²) < 4.78 is 9.31. The normalized spacial score (nSPS) is 9.97. The molecule has 0 aliphatic heterocycles. The Labute approximate surface area is 496 Å². The second-order valence-corrected chi connectivity index (χ2v) is 16.4. The van der Waals surface area contributed by atoms with Crippen LogP contribution in [0.25, 0.3) is 65.4 Å². The van der Waals surface area contributed by atoms with Gasteiger partial charge in [-0.05, 0) is 105 Å². The molecular formula is C58H52N12O8Sc2. The standard InChI is InChI=1S/6C9H8N2O.C4H10O2.2Sc/c6*10-8-5-4-6-2-1-3-7(12)9(6)11-8;1-5-3-4-6-2;;/h6*1-5,12H,(H2,10,11);3-4H2,1-2H3;;/q;;;;;;;2*+3/p-6. The summed E-state index contributed by atoms with van der Waals surface area (Å²) in [5.41, 5.74) is 35.3. The van der Waals surface area contributed by atoms with Crippen molar-refractivity contribution in [3.63, 3.8) is 0 Å². The number of aromatic nitrogens is 6. The van der Waals surface area contributed by atoms with Crippen LogP contribution in [-0.4, -0.2) is 57.3 Å². The molecule has 0 aliphatic carbocycles. The van der Waals surface area contributed by atoms with Gasteiger partial charge in [0.25, 0.3) is 0 Å². The molecule has 0 radical (unpaired) electrons. The maximum Gasteiger partial charge on any atom is 3.00 e. The van der Waals surface area contributed by atoms with E-state index in [4.69, 9.17) is 34.4 Å². The van der Waals surface area contributed by atoms with Crippen molar-refractivity contribution in [1.29, 1.82) is 0 Å². The molecule has 0 atom stereocenters. The number of ether oxygens (including phenoxy) is 2. The monoisotopic (exact) mass is 1130 g/mol. The Morgan fingerprint density at radius 2 is 0.412 bits per heavy atom. The minimum Gasteiger partial charge on any atom is -0.871 e.